The molecule has 0 heterocycles. The van der Waals surface area contributed by atoms with Gasteiger partial charge >= 0.3 is 6.09 Å². The Morgan fingerprint density at radius 1 is 1.07 bits per heavy atom. The van der Waals surface area contributed by atoms with E-state index in [1.807, 2.05) is 30.3 Å². The largest absolute Gasteiger partial charge is 0.444 e. The first-order chi connectivity index (χ1) is 13.1. The Bertz CT molecular complexity index is 689. The summed E-state index contributed by atoms with van der Waals surface area (Å²) in [5.74, 6) is -0.915. The highest BCUT2D eigenvalue weighted by Crippen LogP contribution is 2.08. The molecule has 0 aromatic heterocycles. The molecule has 1 unspecified atom stereocenters. The van der Waals surface area contributed by atoms with Gasteiger partial charge in [-0.2, -0.15) is 0 Å². The lowest BCUT2D eigenvalue weighted by Crippen LogP contribution is -2.51. The van der Waals surface area contributed by atoms with E-state index in [0.717, 1.165) is 5.56 Å². The summed E-state index contributed by atoms with van der Waals surface area (Å²) in [6.07, 6.45) is -0.233. The molecule has 3 N–H and O–H groups in total. The van der Waals surface area contributed by atoms with Gasteiger partial charge in [0.05, 0.1) is 12.2 Å². The normalized spacial score (nSPS) is 11.8. The van der Waals surface area contributed by atoms with Crippen molar-refractivity contribution in [1.82, 2.24) is 16.0 Å². The molecule has 0 aliphatic heterocycles. The zero-order valence-electron chi connectivity index (χ0n) is 16.8. The van der Waals surface area contributed by atoms with E-state index in [4.69, 9.17) is 4.74 Å². The number of nitrogens with one attached hydrogen (secondary N) is 3. The van der Waals surface area contributed by atoms with Gasteiger partial charge in [0.2, 0.25) is 11.8 Å². The second-order valence-corrected chi connectivity index (χ2v) is 7.41. The molecule has 0 saturated heterocycles. The molecule has 0 bridgehead atoms. The zero-order chi connectivity index (χ0) is 21.2. The molecule has 152 valence electrons. The van der Waals surface area contributed by atoms with Crippen LogP contribution in [0, 0.1) is 0 Å². The van der Waals surface area contributed by atoms with E-state index in [1.54, 1.807) is 20.8 Å². The van der Waals surface area contributed by atoms with Crippen LogP contribution in [0.1, 0.15) is 32.8 Å². The predicted octanol–water partition coefficient (Wildman–Crippen LogP) is -0.0954. The Kier molecular flexibility index (Phi) is 9.21. The second-order valence-electron chi connectivity index (χ2n) is 7.41. The summed E-state index contributed by atoms with van der Waals surface area (Å²) in [7, 11) is 1.43. The number of amides is 3. The summed E-state index contributed by atoms with van der Waals surface area (Å²) in [4.78, 5) is 47.3. The van der Waals surface area contributed by atoms with Crippen molar-refractivity contribution in [2.75, 3.05) is 13.1 Å². The number of ether oxygens (including phenoxy) is 1. The lowest BCUT2D eigenvalue weighted by molar-refractivity contribution is -0.127. The molecule has 1 aromatic carbocycles. The topological polar surface area (TPSA) is 114 Å². The molecule has 9 heteroatoms. The number of alkyl carbamates (subject to hydrolysis) is 1. The standard InChI is InChI=1S/C19H28BN3O5/c1-19(2,3)28-18(27)23-14(11-13-7-5-4-6-8-13)17(26)22-12-16(25)21-10-9-15(20)24/h4-8,14H,9-12,20H2,1-3H3,(H,21,25)(H,22,26)(H,23,27). The Morgan fingerprint density at radius 2 is 1.71 bits per heavy atom. The van der Waals surface area contributed by atoms with Crippen molar-refractivity contribution in [1.29, 1.82) is 0 Å². The van der Waals surface area contributed by atoms with Gasteiger partial charge in [-0.05, 0) is 26.3 Å². The van der Waals surface area contributed by atoms with E-state index in [2.05, 4.69) is 16.0 Å². The quantitative estimate of drug-likeness (QED) is 0.511. The first-order valence-electron chi connectivity index (χ1n) is 9.14. The number of carbonyl (C=O) groups is 4. The molecule has 0 saturated carbocycles. The van der Waals surface area contributed by atoms with Gasteiger partial charge < -0.3 is 25.5 Å². The Labute approximate surface area is 166 Å². The van der Waals surface area contributed by atoms with Gasteiger partial charge in [0.25, 0.3) is 0 Å². The second kappa shape index (κ2) is 11.1. The molecule has 1 aromatic rings. The van der Waals surface area contributed by atoms with Crippen molar-refractivity contribution < 1.29 is 23.9 Å². The van der Waals surface area contributed by atoms with Crippen LogP contribution in [0.3, 0.4) is 0 Å². The monoisotopic (exact) mass is 389 g/mol. The lowest BCUT2D eigenvalue weighted by Gasteiger charge is -2.23. The van der Waals surface area contributed by atoms with Gasteiger partial charge in [0, 0.05) is 19.4 Å². The number of rotatable bonds is 9. The molecule has 0 aliphatic carbocycles. The maximum absolute atomic E-state index is 12.5. The van der Waals surface area contributed by atoms with Crippen molar-refractivity contribution in [2.24, 2.45) is 0 Å². The summed E-state index contributed by atoms with van der Waals surface area (Å²) < 4.78 is 5.22. The van der Waals surface area contributed by atoms with Gasteiger partial charge in [-0.1, -0.05) is 30.3 Å². The first kappa shape index (κ1) is 23.2. The number of carbonyl (C=O) groups excluding carboxylic acids is 4. The van der Waals surface area contributed by atoms with Crippen molar-refractivity contribution in [3.05, 3.63) is 35.9 Å². The van der Waals surface area contributed by atoms with Gasteiger partial charge in [0.1, 0.15) is 11.6 Å². The molecule has 0 radical (unpaired) electrons. The van der Waals surface area contributed by atoms with Gasteiger partial charge in [-0.25, -0.2) is 4.79 Å². The SMILES string of the molecule is BC(=O)CCNC(=O)CNC(=O)C(Cc1ccccc1)NC(=O)OC(C)(C)C. The molecule has 0 fully saturated rings. The highest BCUT2D eigenvalue weighted by molar-refractivity contribution is 6.57. The van der Waals surface area contributed by atoms with Crippen molar-refractivity contribution in [2.45, 2.75) is 45.3 Å². The summed E-state index contributed by atoms with van der Waals surface area (Å²) >= 11 is 0. The Morgan fingerprint density at radius 3 is 2.29 bits per heavy atom. The first-order valence-corrected chi connectivity index (χ1v) is 9.14. The Balaban J connectivity index is 2.66. The van der Waals surface area contributed by atoms with Crippen LogP contribution in [-0.4, -0.2) is 56.2 Å². The molecule has 3 amide bonds. The minimum absolute atomic E-state index is 0.0335. The van der Waals surface area contributed by atoms with Crippen LogP contribution < -0.4 is 16.0 Å². The molecule has 8 nitrogen and oxygen atoms in total. The summed E-state index contributed by atoms with van der Waals surface area (Å²) in [5, 5.41) is 7.60. The van der Waals surface area contributed by atoms with Crippen LogP contribution >= 0.6 is 0 Å². The van der Waals surface area contributed by atoms with Crippen molar-refractivity contribution >= 4 is 31.4 Å². The van der Waals surface area contributed by atoms with E-state index in [9.17, 15) is 19.2 Å². The number of hydrogen-bond acceptors (Lipinski definition) is 5. The van der Waals surface area contributed by atoms with E-state index in [0.29, 0.717) is 0 Å². The average molecular weight is 389 g/mol. The number of hydrogen-bond donors (Lipinski definition) is 3. The molecular weight excluding hydrogens is 361 g/mol. The fraction of sp³-hybridized carbons (Fsp3) is 0.474. The third-order valence-corrected chi connectivity index (χ3v) is 3.51. The predicted molar refractivity (Wildman–Crippen MR) is 107 cm³/mol. The van der Waals surface area contributed by atoms with Crippen molar-refractivity contribution in [3.8, 4) is 0 Å². The molecule has 1 rings (SSSR count). The summed E-state index contributed by atoms with van der Waals surface area (Å²) in [6, 6.07) is 8.30. The van der Waals surface area contributed by atoms with Gasteiger partial charge in [-0.15, -0.1) is 0 Å². The Hall–Kier alpha value is -2.84. The van der Waals surface area contributed by atoms with Crippen LogP contribution in [-0.2, 0) is 25.5 Å². The summed E-state index contributed by atoms with van der Waals surface area (Å²) in [6.45, 7) is 5.14. The highest BCUT2D eigenvalue weighted by Gasteiger charge is 2.25. The minimum Gasteiger partial charge on any atom is -0.444 e. The average Bonchev–Trinajstić information content (AvgIpc) is 2.58. The highest BCUT2D eigenvalue weighted by atomic mass is 16.6. The van der Waals surface area contributed by atoms with E-state index in [-0.39, 0.29) is 31.6 Å². The third kappa shape index (κ3) is 10.3. The fourth-order valence-electron chi connectivity index (χ4n) is 2.24. The van der Waals surface area contributed by atoms with Crippen LogP contribution in [0.5, 0.6) is 0 Å². The van der Waals surface area contributed by atoms with Crippen LogP contribution in [0.2, 0.25) is 0 Å². The van der Waals surface area contributed by atoms with E-state index < -0.39 is 29.6 Å². The smallest absolute Gasteiger partial charge is 0.408 e. The summed E-state index contributed by atoms with van der Waals surface area (Å²) in [5.41, 5.74) is 0.118. The van der Waals surface area contributed by atoms with E-state index >= 15 is 0 Å². The van der Waals surface area contributed by atoms with Crippen LogP contribution in [0.25, 0.3) is 0 Å². The molecule has 0 aliphatic rings. The van der Waals surface area contributed by atoms with Gasteiger partial charge in [-0.3, -0.25) is 9.59 Å². The van der Waals surface area contributed by atoms with Crippen LogP contribution in [0.15, 0.2) is 30.3 Å². The van der Waals surface area contributed by atoms with Crippen LogP contribution in [0.4, 0.5) is 4.79 Å². The maximum atomic E-state index is 12.5. The molecule has 28 heavy (non-hydrogen) atoms. The molecular formula is C19H28BN3O5. The molecule has 1 atom stereocenters. The fourth-order valence-corrected chi connectivity index (χ4v) is 2.24. The van der Waals surface area contributed by atoms with Gasteiger partial charge in [0.15, 0.2) is 7.85 Å². The van der Waals surface area contributed by atoms with Crippen molar-refractivity contribution in [3.63, 3.8) is 0 Å². The number of benzene rings is 1. The van der Waals surface area contributed by atoms with E-state index in [1.165, 1.54) is 7.85 Å². The minimum atomic E-state index is -0.901. The zero-order valence-corrected chi connectivity index (χ0v) is 16.8. The molecule has 0 spiro atoms. The lowest BCUT2D eigenvalue weighted by atomic mass is 10.00. The maximum Gasteiger partial charge on any atom is 0.408 e. The third-order valence-electron chi connectivity index (χ3n) is 3.51.